The van der Waals surface area contributed by atoms with Crippen molar-refractivity contribution in [3.8, 4) is 0 Å². The molecule has 0 aromatic heterocycles. The summed E-state index contributed by atoms with van der Waals surface area (Å²) in [7, 11) is 0. The number of anilines is 2. The van der Waals surface area contributed by atoms with E-state index in [1.54, 1.807) is 18.7 Å². The number of ketones is 1. The molecule has 1 saturated heterocycles. The van der Waals surface area contributed by atoms with Crippen LogP contribution in [0.15, 0.2) is 53.3 Å². The van der Waals surface area contributed by atoms with E-state index in [0.717, 1.165) is 29.9 Å². The van der Waals surface area contributed by atoms with Crippen molar-refractivity contribution in [2.75, 3.05) is 22.9 Å². The highest BCUT2D eigenvalue weighted by Crippen LogP contribution is 2.46. The maximum Gasteiger partial charge on any atom is 0.294 e. The number of carbonyl (C=O) groups is 2. The lowest BCUT2D eigenvalue weighted by Gasteiger charge is -2.40. The van der Waals surface area contributed by atoms with Gasteiger partial charge in [0, 0.05) is 36.8 Å². The van der Waals surface area contributed by atoms with Gasteiger partial charge < -0.3 is 14.7 Å². The van der Waals surface area contributed by atoms with Crippen LogP contribution >= 0.6 is 22.6 Å². The molecule has 0 spiro atoms. The first kappa shape index (κ1) is 25.9. The molecule has 4 rings (SSSR count). The lowest BCUT2D eigenvalue weighted by atomic mass is 9.85. The molecule has 188 valence electrons. The van der Waals surface area contributed by atoms with E-state index >= 15 is 0 Å². The SMILES string of the molecule is Cc1cc(N2C(=O)C(O)=C(C(=O)C(C)C)C2C2=CC=CCC2(I)OC(C)C)ccc1N1CCCC1. The average Bonchev–Trinajstić information content (AvgIpc) is 3.40. The lowest BCUT2D eigenvalue weighted by Crippen LogP contribution is -2.46. The van der Waals surface area contributed by atoms with E-state index in [2.05, 4.69) is 33.6 Å². The van der Waals surface area contributed by atoms with Crippen LogP contribution in [0.5, 0.6) is 0 Å². The predicted molar refractivity (Wildman–Crippen MR) is 148 cm³/mol. The standard InChI is InChI=1S/C28H35IN2O4/c1-17(2)25(32)23-24(21-10-6-7-13-28(21,29)35-18(3)4)31(27(34)26(23)33)20-11-12-22(19(5)16-20)30-14-8-9-15-30/h6-7,10-12,16-18,24,33H,8-9,13-15H2,1-5H3. The van der Waals surface area contributed by atoms with Gasteiger partial charge in [-0.15, -0.1) is 0 Å². The summed E-state index contributed by atoms with van der Waals surface area (Å²) in [5, 5.41) is 11.0. The molecule has 1 aliphatic carbocycles. The van der Waals surface area contributed by atoms with Gasteiger partial charge >= 0.3 is 0 Å². The van der Waals surface area contributed by atoms with E-state index in [1.165, 1.54) is 12.8 Å². The fraction of sp³-hybridized carbons (Fsp3) is 0.500. The van der Waals surface area contributed by atoms with Gasteiger partial charge in [-0.05, 0) is 85.5 Å². The molecule has 35 heavy (non-hydrogen) atoms. The zero-order chi connectivity index (χ0) is 25.5. The second kappa shape index (κ2) is 10.1. The zero-order valence-corrected chi connectivity index (χ0v) is 23.3. The molecule has 2 atom stereocenters. The largest absolute Gasteiger partial charge is 0.503 e. The van der Waals surface area contributed by atoms with Crippen LogP contribution in [-0.4, -0.2) is 45.6 Å². The maximum absolute atomic E-state index is 13.5. The van der Waals surface area contributed by atoms with Crippen LogP contribution in [0.25, 0.3) is 0 Å². The minimum absolute atomic E-state index is 0.0591. The van der Waals surface area contributed by atoms with E-state index < -0.39 is 21.3 Å². The number of nitrogens with zero attached hydrogens (tertiary/aromatic N) is 2. The Kier molecular flexibility index (Phi) is 7.48. The van der Waals surface area contributed by atoms with Crippen LogP contribution in [0.1, 0.15) is 52.5 Å². The lowest BCUT2D eigenvalue weighted by molar-refractivity contribution is -0.119. The molecule has 0 saturated carbocycles. The number of alkyl halides is 1. The number of Topliss-reactive ketones (excluding diaryl/α,β-unsaturated/α-hetero) is 1. The summed E-state index contributed by atoms with van der Waals surface area (Å²) in [5.41, 5.74) is 3.84. The Morgan fingerprint density at radius 2 is 1.89 bits per heavy atom. The van der Waals surface area contributed by atoms with Gasteiger partial charge in [-0.1, -0.05) is 32.1 Å². The van der Waals surface area contributed by atoms with Gasteiger partial charge in [0.1, 0.15) is 3.61 Å². The minimum atomic E-state index is -0.748. The number of ether oxygens (including phenoxy) is 1. The molecule has 1 fully saturated rings. The second-order valence-corrected chi connectivity index (χ2v) is 11.9. The smallest absolute Gasteiger partial charge is 0.294 e. The van der Waals surface area contributed by atoms with Crippen LogP contribution in [0.2, 0.25) is 0 Å². The van der Waals surface area contributed by atoms with Crippen LogP contribution in [0.4, 0.5) is 11.4 Å². The average molecular weight is 591 g/mol. The summed E-state index contributed by atoms with van der Waals surface area (Å²) >= 11 is 2.29. The topological polar surface area (TPSA) is 70.1 Å². The maximum atomic E-state index is 13.5. The number of hydrogen-bond acceptors (Lipinski definition) is 5. The van der Waals surface area contributed by atoms with Crippen LogP contribution < -0.4 is 9.80 Å². The number of aryl methyl sites for hydroxylation is 1. The summed E-state index contributed by atoms with van der Waals surface area (Å²) in [5.74, 6) is -1.61. The van der Waals surface area contributed by atoms with E-state index in [9.17, 15) is 14.7 Å². The summed E-state index contributed by atoms with van der Waals surface area (Å²) in [6.45, 7) is 11.6. The molecule has 3 aliphatic rings. The van der Waals surface area contributed by atoms with Crippen molar-refractivity contribution < 1.29 is 19.4 Å². The van der Waals surface area contributed by atoms with Crippen LogP contribution in [0.3, 0.4) is 0 Å². The Labute approximate surface area is 221 Å². The van der Waals surface area contributed by atoms with Crippen LogP contribution in [-0.2, 0) is 14.3 Å². The number of hydrogen-bond donors (Lipinski definition) is 1. The number of carbonyl (C=O) groups excluding carboxylic acids is 2. The number of halogens is 1. The Bertz CT molecular complexity index is 1110. The summed E-state index contributed by atoms with van der Waals surface area (Å²) in [6, 6.07) is 5.23. The highest BCUT2D eigenvalue weighted by Gasteiger charge is 2.51. The molecule has 0 radical (unpaired) electrons. The molecule has 2 heterocycles. The second-order valence-electron chi connectivity index (χ2n) is 10.2. The quantitative estimate of drug-likeness (QED) is 0.322. The van der Waals surface area contributed by atoms with E-state index in [-0.39, 0.29) is 23.4 Å². The van der Waals surface area contributed by atoms with E-state index in [1.807, 2.05) is 51.1 Å². The zero-order valence-electron chi connectivity index (χ0n) is 21.2. The number of aliphatic hydroxyl groups is 1. The van der Waals surface area contributed by atoms with Crippen molar-refractivity contribution in [2.24, 2.45) is 5.92 Å². The first-order valence-electron chi connectivity index (χ1n) is 12.5. The monoisotopic (exact) mass is 590 g/mol. The fourth-order valence-electron chi connectivity index (χ4n) is 5.25. The molecule has 1 aromatic carbocycles. The molecule has 2 unspecified atom stereocenters. The highest BCUT2D eigenvalue weighted by molar-refractivity contribution is 14.1. The van der Waals surface area contributed by atoms with Gasteiger partial charge in [-0.25, -0.2) is 0 Å². The molecule has 7 heteroatoms. The van der Waals surface area contributed by atoms with Crippen molar-refractivity contribution in [1.82, 2.24) is 0 Å². The minimum Gasteiger partial charge on any atom is -0.503 e. The normalized spacial score (nSPS) is 24.9. The van der Waals surface area contributed by atoms with Gasteiger partial charge in [0.05, 0.1) is 17.7 Å². The Hall–Kier alpha value is -2.13. The summed E-state index contributed by atoms with van der Waals surface area (Å²) in [4.78, 5) is 30.9. The van der Waals surface area contributed by atoms with E-state index in [0.29, 0.717) is 12.1 Å². The van der Waals surface area contributed by atoms with E-state index in [4.69, 9.17) is 4.74 Å². The highest BCUT2D eigenvalue weighted by atomic mass is 127. The first-order valence-corrected chi connectivity index (χ1v) is 13.5. The molecular weight excluding hydrogens is 555 g/mol. The molecule has 0 bridgehead atoms. The molecule has 2 aliphatic heterocycles. The number of rotatable bonds is 7. The van der Waals surface area contributed by atoms with Gasteiger partial charge in [-0.3, -0.25) is 14.5 Å². The van der Waals surface area contributed by atoms with Crippen molar-refractivity contribution >= 4 is 45.7 Å². The number of aliphatic hydroxyl groups excluding tert-OH is 1. The van der Waals surface area contributed by atoms with Gasteiger partial charge in [0.25, 0.3) is 5.91 Å². The number of allylic oxidation sites excluding steroid dienone is 2. The third kappa shape index (κ3) is 4.81. The number of amides is 1. The van der Waals surface area contributed by atoms with Crippen molar-refractivity contribution in [2.45, 2.75) is 69.6 Å². The third-order valence-electron chi connectivity index (χ3n) is 6.84. The summed E-state index contributed by atoms with van der Waals surface area (Å²) in [6.07, 6.45) is 8.81. The Balaban J connectivity index is 1.84. The summed E-state index contributed by atoms with van der Waals surface area (Å²) < 4.78 is 5.62. The fourth-order valence-corrected chi connectivity index (χ4v) is 6.49. The van der Waals surface area contributed by atoms with Crippen molar-refractivity contribution in [3.05, 3.63) is 58.9 Å². The molecular formula is C28H35IN2O4. The Morgan fingerprint density at radius 3 is 2.49 bits per heavy atom. The molecule has 1 amide bonds. The van der Waals surface area contributed by atoms with Crippen LogP contribution in [0, 0.1) is 12.8 Å². The predicted octanol–water partition coefficient (Wildman–Crippen LogP) is 5.79. The van der Waals surface area contributed by atoms with Gasteiger partial charge in [0.2, 0.25) is 0 Å². The van der Waals surface area contributed by atoms with Gasteiger partial charge in [0.15, 0.2) is 11.5 Å². The first-order chi connectivity index (χ1) is 16.5. The third-order valence-corrected chi connectivity index (χ3v) is 8.16. The molecule has 1 aromatic rings. The van der Waals surface area contributed by atoms with Crippen molar-refractivity contribution in [1.29, 1.82) is 0 Å². The molecule has 1 N–H and O–H groups in total. The van der Waals surface area contributed by atoms with Crippen molar-refractivity contribution in [3.63, 3.8) is 0 Å². The molecule has 6 nitrogen and oxygen atoms in total. The number of benzene rings is 1. The Morgan fingerprint density at radius 1 is 1.20 bits per heavy atom. The van der Waals surface area contributed by atoms with Gasteiger partial charge in [-0.2, -0.15) is 0 Å².